The summed E-state index contributed by atoms with van der Waals surface area (Å²) in [4.78, 5) is 74.0. The van der Waals surface area contributed by atoms with Crippen molar-refractivity contribution < 1.29 is 52.8 Å². The number of aromatic nitrogens is 2. The van der Waals surface area contributed by atoms with Gasteiger partial charge in [0, 0.05) is 140 Å². The molecule has 1 N–H and O–H groups in total. The lowest BCUT2D eigenvalue weighted by Crippen LogP contribution is -2.27. The average molecular weight is 2060 g/mol. The molecule has 0 fully saturated rings. The van der Waals surface area contributed by atoms with E-state index < -0.39 is 22.4 Å². The minimum Gasteiger partial charge on any atom is -0.469 e. The van der Waals surface area contributed by atoms with E-state index in [4.69, 9.17) is 70.1 Å². The van der Waals surface area contributed by atoms with Crippen molar-refractivity contribution in [1.82, 2.24) is 9.97 Å². The number of rotatable bonds is 29. The predicted molar refractivity (Wildman–Crippen MR) is 584 cm³/mol. The van der Waals surface area contributed by atoms with Gasteiger partial charge in [-0.05, 0) is 243 Å². The van der Waals surface area contributed by atoms with Crippen LogP contribution in [0.4, 0.5) is 0 Å². The molecule has 0 spiro atoms. The Morgan fingerprint density at radius 3 is 1.13 bits per heavy atom. The van der Waals surface area contributed by atoms with Crippen LogP contribution < -0.4 is 0 Å². The third-order valence-electron chi connectivity index (χ3n) is 24.5. The van der Waals surface area contributed by atoms with E-state index in [1.165, 1.54) is 71.8 Å². The minimum atomic E-state index is -1.33. The standard InChI is InChI=1S/C25H22N2O2S.C25H21NO2S.C24H20N2O3S.C22H22Cl2O2S.C21H20Cl2O2S/c1-2-3-12-29-25(28)11-9-18-13-22-23(15-27-16-24(22)30-18)21-10-8-17(14-26)19-6-4-5-7-20(19)21;1-25(2,24(27)28-3)14-17-13-22-20(9-6-10-23(22)29-17)21-12-11-16(15-26)18-7-4-5-8-19(18)21;1-3-29-23(27)11-24(2,28)22-10-19-20(13-26-14-21(19)30-22)18-9-8-15(12-25)16-6-4-5-7-17(16)18;1-2-3-12-26-22(25)11-10-16-14-17-15(6-4-9-21(17)27-16)13-18-19(23)7-5-8-20(18)24;1-21(2,20(24)25-3)12-14-11-15-13(6-4-9-19(15)26-14)10-16-17(22)7-5-8-18(16)23/h4-8,10,13,15-16H,2-3,9,11-12H2,1H3;4-13H,14H2,1-3H3;4-10,13-14,28H,3,11H2,1-2H3;4-9,14H,2-3,10-13H2,1H3;4-9,11H,10,12H2,1-3H3. The summed E-state index contributed by atoms with van der Waals surface area (Å²) < 4.78 is 31.0. The number of unbranched alkanes of at least 4 members (excludes halogenated alkanes) is 2. The second-order valence-electron chi connectivity index (χ2n) is 35.8. The summed E-state index contributed by atoms with van der Waals surface area (Å²) in [6, 6.07) is 82.8. The first-order valence-corrected chi connectivity index (χ1v) is 52.3. The zero-order valence-electron chi connectivity index (χ0n) is 80.4. The Kier molecular flexibility index (Phi) is 35.8. The first-order valence-electron chi connectivity index (χ1n) is 46.7. The zero-order chi connectivity index (χ0) is 101. The summed E-state index contributed by atoms with van der Waals surface area (Å²) in [5.41, 5.74) is 10.0. The van der Waals surface area contributed by atoms with Crippen molar-refractivity contribution in [1.29, 1.82) is 15.8 Å². The molecule has 25 heteroatoms. The van der Waals surface area contributed by atoms with Crippen LogP contribution in [0.2, 0.25) is 20.1 Å². The predicted octanol–water partition coefficient (Wildman–Crippen LogP) is 31.4. The molecular weight excluding hydrogens is 1950 g/mol. The lowest BCUT2D eigenvalue weighted by Gasteiger charge is -2.20. The number of benzene rings is 11. The highest BCUT2D eigenvalue weighted by Gasteiger charge is 2.34. The fraction of sp³-hybridized carbons (Fsp3) is 0.248. The fourth-order valence-corrected chi connectivity index (χ4v) is 24.2. The maximum absolute atomic E-state index is 12.1. The third kappa shape index (κ3) is 25.3. The van der Waals surface area contributed by atoms with Crippen LogP contribution in [-0.2, 0) is 91.8 Å². The molecule has 16 nitrogen and oxygen atoms in total. The van der Waals surface area contributed by atoms with Crippen molar-refractivity contribution >= 4 is 216 Å². The summed E-state index contributed by atoms with van der Waals surface area (Å²) in [6.07, 6.45) is 15.9. The number of carbonyl (C=O) groups excluding carboxylic acids is 5. The van der Waals surface area contributed by atoms with E-state index in [0.29, 0.717) is 106 Å². The number of esters is 5. The van der Waals surface area contributed by atoms with Gasteiger partial charge in [-0.1, -0.05) is 213 Å². The van der Waals surface area contributed by atoms with E-state index in [0.717, 1.165) is 137 Å². The first-order chi connectivity index (χ1) is 68.5. The molecule has 0 aliphatic heterocycles. The van der Waals surface area contributed by atoms with Crippen molar-refractivity contribution in [3.63, 3.8) is 0 Å². The molecule has 0 saturated heterocycles. The number of nitriles is 3. The maximum Gasteiger partial charge on any atom is 0.311 e. The van der Waals surface area contributed by atoms with Gasteiger partial charge in [0.1, 0.15) is 5.60 Å². The molecule has 0 bridgehead atoms. The summed E-state index contributed by atoms with van der Waals surface area (Å²) in [7, 11) is 2.86. The largest absolute Gasteiger partial charge is 0.469 e. The van der Waals surface area contributed by atoms with Gasteiger partial charge >= 0.3 is 29.8 Å². The van der Waals surface area contributed by atoms with Crippen LogP contribution in [0.15, 0.2) is 255 Å². The second-order valence-corrected chi connectivity index (χ2v) is 43.1. The van der Waals surface area contributed by atoms with E-state index in [1.54, 1.807) is 71.6 Å². The number of hydrogen-bond donors (Lipinski definition) is 1. The molecule has 0 saturated carbocycles. The molecular formula is C117H105Cl4N5O11S5. The molecule has 18 rings (SSSR count). The molecule has 0 radical (unpaired) electrons. The van der Waals surface area contributed by atoms with E-state index in [9.17, 15) is 44.9 Å². The summed E-state index contributed by atoms with van der Waals surface area (Å²) in [5, 5.41) is 53.5. The molecule has 7 heterocycles. The third-order valence-corrected chi connectivity index (χ3v) is 31.8. The lowest BCUT2D eigenvalue weighted by atomic mass is 9.88. The molecule has 142 heavy (non-hydrogen) atoms. The number of thiophene rings is 5. The van der Waals surface area contributed by atoms with Gasteiger partial charge in [-0.3, -0.25) is 33.9 Å². The molecule has 1 atom stereocenters. The maximum atomic E-state index is 12.1. The van der Waals surface area contributed by atoms with Crippen LogP contribution in [-0.4, -0.2) is 79.0 Å². The smallest absolute Gasteiger partial charge is 0.311 e. The average Bonchev–Trinajstić information content (AvgIpc) is 1.48. The van der Waals surface area contributed by atoms with Crippen LogP contribution in [0.3, 0.4) is 0 Å². The highest BCUT2D eigenvalue weighted by Crippen LogP contribution is 2.46. The molecule has 1 unspecified atom stereocenters. The van der Waals surface area contributed by atoms with Crippen LogP contribution in [0, 0.1) is 44.8 Å². The number of halogens is 4. The van der Waals surface area contributed by atoms with Gasteiger partial charge in [-0.2, -0.15) is 15.8 Å². The number of aliphatic hydroxyl groups is 1. The molecule has 18 aromatic rings. The molecule has 11 aromatic carbocycles. The van der Waals surface area contributed by atoms with Gasteiger partial charge in [-0.15, -0.1) is 56.7 Å². The van der Waals surface area contributed by atoms with Gasteiger partial charge in [-0.25, -0.2) is 0 Å². The first kappa shape index (κ1) is 105. The number of aryl methyl sites for hydroxylation is 2. The summed E-state index contributed by atoms with van der Waals surface area (Å²) >= 11 is 33.6. The molecule has 0 aliphatic carbocycles. The number of nitrogens with zero attached hydrogens (tertiary/aromatic N) is 5. The van der Waals surface area contributed by atoms with Gasteiger partial charge in [0.15, 0.2) is 0 Å². The number of hydrogen-bond acceptors (Lipinski definition) is 21. The van der Waals surface area contributed by atoms with Crippen molar-refractivity contribution in [2.45, 2.75) is 144 Å². The van der Waals surface area contributed by atoms with Crippen molar-refractivity contribution in [2.75, 3.05) is 34.0 Å². The Hall–Kier alpha value is -12.8. The Balaban J connectivity index is 0.000000141. The van der Waals surface area contributed by atoms with Crippen molar-refractivity contribution in [3.05, 3.63) is 339 Å². The van der Waals surface area contributed by atoms with Gasteiger partial charge < -0.3 is 28.8 Å². The number of methoxy groups -OCH3 is 2. The number of ether oxygens (including phenoxy) is 5. The van der Waals surface area contributed by atoms with Crippen LogP contribution >= 0.6 is 103 Å². The Labute approximate surface area is 866 Å². The van der Waals surface area contributed by atoms with E-state index in [2.05, 4.69) is 121 Å². The second kappa shape index (κ2) is 48.3. The van der Waals surface area contributed by atoms with Gasteiger partial charge in [0.2, 0.25) is 0 Å². The number of pyridine rings is 2. The normalized spacial score (nSPS) is 11.7. The van der Waals surface area contributed by atoms with E-state index in [-0.39, 0.29) is 36.9 Å². The van der Waals surface area contributed by atoms with Gasteiger partial charge in [0.25, 0.3) is 0 Å². The summed E-state index contributed by atoms with van der Waals surface area (Å²) in [6.45, 7) is 16.5. The molecule has 722 valence electrons. The zero-order valence-corrected chi connectivity index (χ0v) is 87.5. The lowest BCUT2D eigenvalue weighted by molar-refractivity contribution is -0.151. The van der Waals surface area contributed by atoms with Crippen molar-refractivity contribution in [2.24, 2.45) is 10.8 Å². The van der Waals surface area contributed by atoms with Crippen molar-refractivity contribution in [3.8, 4) is 51.6 Å². The minimum absolute atomic E-state index is 0.115. The quantitative estimate of drug-likeness (QED) is 0.0260. The topological polar surface area (TPSA) is 249 Å². The van der Waals surface area contributed by atoms with E-state index >= 15 is 0 Å². The fourth-order valence-electron chi connectivity index (χ4n) is 17.2. The molecule has 0 aliphatic rings. The highest BCUT2D eigenvalue weighted by atomic mass is 35.5. The van der Waals surface area contributed by atoms with E-state index in [1.807, 2.05) is 192 Å². The van der Waals surface area contributed by atoms with Crippen LogP contribution in [0.5, 0.6) is 0 Å². The Bertz CT molecular complexity index is 7800. The Morgan fingerprint density at radius 1 is 0.366 bits per heavy atom. The monoisotopic (exact) mass is 2060 g/mol. The molecule has 7 aromatic heterocycles. The van der Waals surface area contributed by atoms with Crippen LogP contribution in [0.1, 0.15) is 164 Å². The highest BCUT2D eigenvalue weighted by molar-refractivity contribution is 7.20. The summed E-state index contributed by atoms with van der Waals surface area (Å²) in [5.74, 6) is -1.09. The Morgan fingerprint density at radius 2 is 0.711 bits per heavy atom. The SMILES string of the molecule is CCCCOC(=O)CCc1cc2c(-c3ccc(C#N)c4ccccc34)cncc2s1.CCCCOC(=O)CCc1cc2c(Cc3c(Cl)cccc3Cl)cccc2s1.CCOC(=O)CC(C)(O)c1cc2c(-c3ccc(C#N)c4ccccc34)cncc2s1.COC(=O)C(C)(C)Cc1cc2c(-c3ccc(C#N)c4ccccc34)cccc2s1.COC(=O)C(C)(C)Cc1cc2c(Cc3c(Cl)cccc3Cl)cccc2s1. The molecule has 0 amide bonds. The van der Waals surface area contributed by atoms with Crippen LogP contribution in [0.25, 0.3) is 116 Å². The number of fused-ring (bicyclic) bond motifs is 8. The number of carbonyl (C=O) groups is 5. The van der Waals surface area contributed by atoms with Gasteiger partial charge in [0.05, 0.1) is 108 Å².